The number of halogens is 3. The first kappa shape index (κ1) is 22.9. The normalized spacial score (nSPS) is 18.2. The molecule has 0 amide bonds. The van der Waals surface area contributed by atoms with Gasteiger partial charge in [-0.2, -0.15) is 4.37 Å². The van der Waals surface area contributed by atoms with Gasteiger partial charge in [-0.3, -0.25) is 0 Å². The van der Waals surface area contributed by atoms with Crippen LogP contribution in [0.15, 0.2) is 36.4 Å². The van der Waals surface area contributed by atoms with Crippen molar-refractivity contribution in [1.82, 2.24) is 19.6 Å². The third kappa shape index (κ3) is 5.57. The van der Waals surface area contributed by atoms with Gasteiger partial charge in [-0.1, -0.05) is 11.8 Å². The highest BCUT2D eigenvalue weighted by Crippen LogP contribution is 2.29. The summed E-state index contributed by atoms with van der Waals surface area (Å²) in [7, 11) is 1.57. The third-order valence-electron chi connectivity index (χ3n) is 4.95. The molecular formula is C21H18F3N5O3S. The van der Waals surface area contributed by atoms with Crippen LogP contribution in [0.3, 0.4) is 0 Å². The van der Waals surface area contributed by atoms with Gasteiger partial charge < -0.3 is 19.5 Å². The lowest BCUT2D eigenvalue weighted by Crippen LogP contribution is -2.34. The Morgan fingerprint density at radius 1 is 1.18 bits per heavy atom. The topological polar surface area (TPSA) is 93.5 Å². The minimum Gasteiger partial charge on any atom is -0.406 e. The van der Waals surface area contributed by atoms with Gasteiger partial charge in [0.2, 0.25) is 0 Å². The average molecular weight is 477 g/mol. The number of rotatable bonds is 5. The number of hydrogen-bond acceptors (Lipinski definition) is 9. The maximum atomic E-state index is 12.3. The van der Waals surface area contributed by atoms with Crippen LogP contribution < -0.4 is 9.64 Å². The van der Waals surface area contributed by atoms with Crippen molar-refractivity contribution in [3.63, 3.8) is 0 Å². The molecule has 172 valence electrons. The van der Waals surface area contributed by atoms with Gasteiger partial charge in [-0.05, 0) is 47.9 Å². The summed E-state index contributed by atoms with van der Waals surface area (Å²) in [6.07, 6.45) is -4.12. The minimum atomic E-state index is -4.73. The van der Waals surface area contributed by atoms with Gasteiger partial charge in [-0.25, -0.2) is 4.98 Å². The van der Waals surface area contributed by atoms with E-state index in [-0.39, 0.29) is 12.4 Å². The molecule has 0 bridgehead atoms. The molecule has 8 nitrogen and oxygen atoms in total. The molecule has 1 N–H and O–H groups in total. The molecule has 1 aromatic carbocycles. The maximum absolute atomic E-state index is 12.3. The Morgan fingerprint density at radius 3 is 2.58 bits per heavy atom. The predicted molar refractivity (Wildman–Crippen MR) is 113 cm³/mol. The van der Waals surface area contributed by atoms with Crippen molar-refractivity contribution in [3.05, 3.63) is 47.8 Å². The van der Waals surface area contributed by atoms with Gasteiger partial charge in [-0.15, -0.1) is 23.4 Å². The molecule has 33 heavy (non-hydrogen) atoms. The molecule has 3 heterocycles. The van der Waals surface area contributed by atoms with Crippen molar-refractivity contribution in [3.8, 4) is 28.3 Å². The van der Waals surface area contributed by atoms with E-state index in [4.69, 9.17) is 9.84 Å². The molecular weight excluding hydrogens is 459 g/mol. The Hall–Kier alpha value is -3.27. The number of aromatic nitrogens is 4. The van der Waals surface area contributed by atoms with E-state index in [0.29, 0.717) is 47.4 Å². The quantitative estimate of drug-likeness (QED) is 0.561. The van der Waals surface area contributed by atoms with Crippen molar-refractivity contribution < 1.29 is 27.8 Å². The van der Waals surface area contributed by atoms with Gasteiger partial charge >= 0.3 is 6.36 Å². The number of methoxy groups -OCH3 is 1. The van der Waals surface area contributed by atoms with E-state index in [0.717, 1.165) is 11.5 Å². The number of anilines is 1. The number of ether oxygens (including phenoxy) is 2. The fourth-order valence-corrected chi connectivity index (χ4v) is 3.89. The lowest BCUT2D eigenvalue weighted by Gasteiger charge is -2.22. The molecule has 0 aliphatic carbocycles. The van der Waals surface area contributed by atoms with E-state index >= 15 is 0 Å². The highest BCUT2D eigenvalue weighted by Gasteiger charge is 2.37. The first-order chi connectivity index (χ1) is 15.8. The van der Waals surface area contributed by atoms with Crippen molar-refractivity contribution in [2.75, 3.05) is 25.1 Å². The van der Waals surface area contributed by atoms with Crippen LogP contribution in [-0.2, 0) is 11.3 Å². The fourth-order valence-electron chi connectivity index (χ4n) is 3.25. The summed E-state index contributed by atoms with van der Waals surface area (Å²) < 4.78 is 50.5. The van der Waals surface area contributed by atoms with Crippen LogP contribution in [0.4, 0.5) is 19.0 Å². The van der Waals surface area contributed by atoms with E-state index in [1.165, 1.54) is 24.3 Å². The summed E-state index contributed by atoms with van der Waals surface area (Å²) in [5, 5.41) is 18.1. The van der Waals surface area contributed by atoms with Gasteiger partial charge in [0.25, 0.3) is 0 Å². The third-order valence-corrected chi connectivity index (χ3v) is 5.72. The van der Waals surface area contributed by atoms with Crippen LogP contribution in [0.5, 0.6) is 5.75 Å². The molecule has 2 aromatic heterocycles. The summed E-state index contributed by atoms with van der Waals surface area (Å²) in [6, 6.07) is 8.97. The Kier molecular flexibility index (Phi) is 6.46. The largest absolute Gasteiger partial charge is 0.573 e. The molecule has 0 saturated carbocycles. The summed E-state index contributed by atoms with van der Waals surface area (Å²) >= 11 is 1.14. The summed E-state index contributed by atoms with van der Waals surface area (Å²) in [4.78, 5) is 6.17. The highest BCUT2D eigenvalue weighted by molar-refractivity contribution is 7.09. The standard InChI is InChI=1S/C21H18F3N5O3S/c1-31-20(9-8-14-2-4-15(5-3-14)32-21(22,23)24)10-11-29(13-20)18-7-6-16(26-27-18)19-25-17(12-30)28-33-19/h2-7,30H,10-13H2,1H3. The number of aliphatic hydroxyl groups excluding tert-OH is 1. The second-order valence-corrected chi connectivity index (χ2v) is 7.89. The molecule has 1 fully saturated rings. The molecule has 1 saturated heterocycles. The second-order valence-electron chi connectivity index (χ2n) is 7.14. The number of benzene rings is 1. The first-order valence-electron chi connectivity index (χ1n) is 9.76. The molecule has 3 aromatic rings. The fraction of sp³-hybridized carbons (Fsp3) is 0.333. The molecule has 0 radical (unpaired) electrons. The summed E-state index contributed by atoms with van der Waals surface area (Å²) in [5.41, 5.74) is 0.352. The molecule has 1 aliphatic rings. The SMILES string of the molecule is COC1(C#Cc2ccc(OC(F)(F)F)cc2)CCN(c2ccc(-c3nc(CO)ns3)nn2)C1. The van der Waals surface area contributed by atoms with E-state index in [2.05, 4.69) is 36.1 Å². The van der Waals surface area contributed by atoms with Crippen LogP contribution in [-0.4, -0.2) is 56.8 Å². The van der Waals surface area contributed by atoms with Gasteiger partial charge in [0.1, 0.15) is 23.7 Å². The van der Waals surface area contributed by atoms with Crippen LogP contribution in [0, 0.1) is 11.8 Å². The van der Waals surface area contributed by atoms with E-state index in [1.54, 1.807) is 13.2 Å². The first-order valence-corrected chi connectivity index (χ1v) is 10.5. The van der Waals surface area contributed by atoms with Gasteiger partial charge in [0.15, 0.2) is 16.6 Å². The van der Waals surface area contributed by atoms with E-state index < -0.39 is 12.0 Å². The molecule has 12 heteroatoms. The van der Waals surface area contributed by atoms with Crippen molar-refractivity contribution in [2.45, 2.75) is 25.0 Å². The maximum Gasteiger partial charge on any atom is 0.573 e. The van der Waals surface area contributed by atoms with Crippen molar-refractivity contribution >= 4 is 17.4 Å². The Bertz CT molecular complexity index is 1160. The minimum absolute atomic E-state index is 0.235. The molecule has 1 aliphatic heterocycles. The zero-order valence-corrected chi connectivity index (χ0v) is 18.2. The van der Waals surface area contributed by atoms with Gasteiger partial charge in [0, 0.05) is 25.6 Å². The van der Waals surface area contributed by atoms with E-state index in [9.17, 15) is 13.2 Å². The average Bonchev–Trinajstić information content (AvgIpc) is 3.46. The molecule has 1 unspecified atom stereocenters. The zero-order valence-electron chi connectivity index (χ0n) is 17.3. The lowest BCUT2D eigenvalue weighted by molar-refractivity contribution is -0.274. The van der Waals surface area contributed by atoms with Crippen LogP contribution in [0.1, 0.15) is 17.8 Å². The number of aliphatic hydroxyl groups is 1. The van der Waals surface area contributed by atoms with Crippen LogP contribution in [0.25, 0.3) is 10.7 Å². The molecule has 0 spiro atoms. The van der Waals surface area contributed by atoms with Crippen LogP contribution in [0.2, 0.25) is 0 Å². The summed E-state index contributed by atoms with van der Waals surface area (Å²) in [5.74, 6) is 6.77. The van der Waals surface area contributed by atoms with E-state index in [1.807, 2.05) is 11.0 Å². The Labute approximate surface area is 191 Å². The Morgan fingerprint density at radius 2 is 1.97 bits per heavy atom. The predicted octanol–water partition coefficient (Wildman–Crippen LogP) is 3.03. The zero-order chi connectivity index (χ0) is 23.5. The van der Waals surface area contributed by atoms with Crippen molar-refractivity contribution in [2.24, 2.45) is 0 Å². The number of alkyl halides is 3. The van der Waals surface area contributed by atoms with Crippen LogP contribution >= 0.6 is 11.5 Å². The lowest BCUT2D eigenvalue weighted by atomic mass is 10.0. The Balaban J connectivity index is 1.44. The molecule has 1 atom stereocenters. The number of nitrogens with zero attached hydrogens (tertiary/aromatic N) is 5. The van der Waals surface area contributed by atoms with Gasteiger partial charge in [0.05, 0.1) is 6.54 Å². The number of hydrogen-bond donors (Lipinski definition) is 1. The van der Waals surface area contributed by atoms with Crippen molar-refractivity contribution in [1.29, 1.82) is 0 Å². The second kappa shape index (κ2) is 9.30. The highest BCUT2D eigenvalue weighted by atomic mass is 32.1. The smallest absolute Gasteiger partial charge is 0.406 e. The summed E-state index contributed by atoms with van der Waals surface area (Å²) in [6.45, 7) is 0.858. The monoisotopic (exact) mass is 477 g/mol. The molecule has 4 rings (SSSR count).